The number of rotatable bonds is 4. The Morgan fingerprint density at radius 3 is 2.95 bits per heavy atom. The average molecular weight is 277 g/mol. The molecular weight excluding hydrogens is 262 g/mol. The highest BCUT2D eigenvalue weighted by atomic mass is 32.2. The van der Waals surface area contributed by atoms with Crippen LogP contribution in [0.3, 0.4) is 0 Å². The van der Waals surface area contributed by atoms with E-state index in [0.29, 0.717) is 11.9 Å². The molecular formula is C11H15N7S. The Bertz CT molecular complexity index is 549. The summed E-state index contributed by atoms with van der Waals surface area (Å²) < 4.78 is 1.92. The van der Waals surface area contributed by atoms with Crippen LogP contribution in [-0.2, 0) is 0 Å². The van der Waals surface area contributed by atoms with Crippen LogP contribution >= 0.6 is 11.8 Å². The van der Waals surface area contributed by atoms with E-state index in [-0.39, 0.29) is 0 Å². The maximum absolute atomic E-state index is 5.35. The minimum absolute atomic E-state index is 0.424. The summed E-state index contributed by atoms with van der Waals surface area (Å²) in [4.78, 5) is 4.35. The normalized spacial score (nSPS) is 15.8. The summed E-state index contributed by atoms with van der Waals surface area (Å²) >= 11 is 1.46. The van der Waals surface area contributed by atoms with Crippen molar-refractivity contribution in [1.82, 2.24) is 25.2 Å². The minimum Gasteiger partial charge on any atom is -0.308 e. The Balaban J connectivity index is 1.81. The molecule has 0 radical (unpaired) electrons. The Hall–Kier alpha value is -1.67. The number of tetrazole rings is 1. The van der Waals surface area contributed by atoms with Crippen LogP contribution in [-0.4, -0.2) is 25.2 Å². The van der Waals surface area contributed by atoms with Gasteiger partial charge < -0.3 is 5.43 Å². The summed E-state index contributed by atoms with van der Waals surface area (Å²) in [5, 5.41) is 13.6. The van der Waals surface area contributed by atoms with Crippen molar-refractivity contribution >= 4 is 17.6 Å². The smallest absolute Gasteiger partial charge is 0.215 e. The second-order valence-electron chi connectivity index (χ2n) is 4.45. The Kier molecular flexibility index (Phi) is 3.60. The van der Waals surface area contributed by atoms with Crippen molar-refractivity contribution in [1.29, 1.82) is 0 Å². The minimum atomic E-state index is 0.424. The summed E-state index contributed by atoms with van der Waals surface area (Å²) in [6.07, 6.45) is 4.80. The molecule has 0 saturated heterocycles. The molecule has 0 spiro atoms. The number of hydrazine groups is 1. The molecule has 0 aromatic carbocycles. The number of nitrogens with zero attached hydrogens (tertiary/aromatic N) is 5. The molecule has 3 N–H and O–H groups in total. The van der Waals surface area contributed by atoms with Gasteiger partial charge in [-0.25, -0.2) is 15.5 Å². The first-order valence-electron chi connectivity index (χ1n) is 6.26. The average Bonchev–Trinajstić information content (AvgIpc) is 3.09. The van der Waals surface area contributed by atoms with Gasteiger partial charge in [0.05, 0.1) is 6.04 Å². The van der Waals surface area contributed by atoms with Gasteiger partial charge >= 0.3 is 0 Å². The number of hydrogen-bond acceptors (Lipinski definition) is 7. The summed E-state index contributed by atoms with van der Waals surface area (Å²) in [6, 6.07) is 6.05. The van der Waals surface area contributed by atoms with Gasteiger partial charge in [-0.15, -0.1) is 5.10 Å². The predicted molar refractivity (Wildman–Crippen MR) is 71.5 cm³/mol. The van der Waals surface area contributed by atoms with Crippen LogP contribution in [0, 0.1) is 0 Å². The highest BCUT2D eigenvalue weighted by molar-refractivity contribution is 7.99. The lowest BCUT2D eigenvalue weighted by molar-refractivity contribution is 0.423. The van der Waals surface area contributed by atoms with Crippen molar-refractivity contribution in [3.63, 3.8) is 0 Å². The highest BCUT2D eigenvalue weighted by Crippen LogP contribution is 2.33. The largest absolute Gasteiger partial charge is 0.308 e. The van der Waals surface area contributed by atoms with Crippen LogP contribution in [0.15, 0.2) is 28.4 Å². The van der Waals surface area contributed by atoms with E-state index in [2.05, 4.69) is 25.9 Å². The van der Waals surface area contributed by atoms with Crippen LogP contribution < -0.4 is 11.3 Å². The predicted octanol–water partition coefficient (Wildman–Crippen LogP) is 1.62. The molecule has 0 bridgehead atoms. The molecule has 2 heterocycles. The zero-order chi connectivity index (χ0) is 13.1. The first-order chi connectivity index (χ1) is 9.36. The molecule has 2 aromatic rings. The fourth-order valence-electron chi connectivity index (χ4n) is 2.28. The first kappa shape index (κ1) is 12.4. The molecule has 1 fully saturated rings. The van der Waals surface area contributed by atoms with Gasteiger partial charge in [0.25, 0.3) is 0 Å². The second kappa shape index (κ2) is 5.54. The van der Waals surface area contributed by atoms with Crippen LogP contribution in [0.25, 0.3) is 0 Å². The van der Waals surface area contributed by atoms with E-state index in [0.717, 1.165) is 23.0 Å². The van der Waals surface area contributed by atoms with E-state index < -0.39 is 0 Å². The van der Waals surface area contributed by atoms with E-state index in [1.54, 1.807) is 0 Å². The molecule has 1 aliphatic rings. The zero-order valence-electron chi connectivity index (χ0n) is 10.4. The molecule has 1 aliphatic carbocycles. The lowest BCUT2D eigenvalue weighted by Crippen LogP contribution is -2.09. The zero-order valence-corrected chi connectivity index (χ0v) is 11.2. The molecule has 19 heavy (non-hydrogen) atoms. The van der Waals surface area contributed by atoms with Gasteiger partial charge in [-0.05, 0) is 47.2 Å². The second-order valence-corrected chi connectivity index (χ2v) is 5.44. The molecule has 8 heteroatoms. The molecule has 7 nitrogen and oxygen atoms in total. The van der Waals surface area contributed by atoms with Gasteiger partial charge in [0.15, 0.2) is 0 Å². The molecule has 2 aromatic heterocycles. The van der Waals surface area contributed by atoms with Crippen molar-refractivity contribution in [2.24, 2.45) is 5.84 Å². The topological polar surface area (TPSA) is 94.5 Å². The maximum atomic E-state index is 5.35. The number of hydrogen-bond donors (Lipinski definition) is 2. The number of pyridine rings is 1. The molecule has 1 saturated carbocycles. The van der Waals surface area contributed by atoms with Crippen LogP contribution in [0.4, 0.5) is 5.82 Å². The third-order valence-electron chi connectivity index (χ3n) is 3.20. The fourth-order valence-corrected chi connectivity index (χ4v) is 3.11. The van der Waals surface area contributed by atoms with Crippen LogP contribution in [0.2, 0.25) is 0 Å². The third kappa shape index (κ3) is 2.69. The van der Waals surface area contributed by atoms with Gasteiger partial charge in [-0.3, -0.25) is 0 Å². The monoisotopic (exact) mass is 277 g/mol. The summed E-state index contributed by atoms with van der Waals surface area (Å²) in [5.41, 5.74) is 2.53. The van der Waals surface area contributed by atoms with Gasteiger partial charge in [0, 0.05) is 0 Å². The lowest BCUT2D eigenvalue weighted by Gasteiger charge is -2.10. The summed E-state index contributed by atoms with van der Waals surface area (Å²) in [5.74, 6) is 5.98. The number of nitrogens with one attached hydrogen (secondary N) is 1. The van der Waals surface area contributed by atoms with Gasteiger partial charge in [0.2, 0.25) is 5.16 Å². The van der Waals surface area contributed by atoms with Crippen LogP contribution in [0.1, 0.15) is 31.7 Å². The van der Waals surface area contributed by atoms with Crippen molar-refractivity contribution in [3.05, 3.63) is 18.2 Å². The quantitative estimate of drug-likeness (QED) is 0.647. The van der Waals surface area contributed by atoms with Crippen molar-refractivity contribution in [3.8, 4) is 0 Å². The van der Waals surface area contributed by atoms with E-state index >= 15 is 0 Å². The Morgan fingerprint density at radius 1 is 1.32 bits per heavy atom. The van der Waals surface area contributed by atoms with Gasteiger partial charge in [0.1, 0.15) is 10.8 Å². The summed E-state index contributed by atoms with van der Waals surface area (Å²) in [6.45, 7) is 0. The number of anilines is 1. The van der Waals surface area contributed by atoms with Gasteiger partial charge in [-0.1, -0.05) is 18.9 Å². The number of nitrogen functional groups attached to an aromatic ring is 1. The standard InChI is InChI=1S/C11H15N7S/c12-14-9-6-3-7-10(13-9)19-11-15-16-17-18(11)8-4-1-2-5-8/h3,6-8H,1-2,4-5,12H2,(H,13,14). The molecule has 0 amide bonds. The van der Waals surface area contributed by atoms with Crippen molar-refractivity contribution < 1.29 is 0 Å². The van der Waals surface area contributed by atoms with Crippen molar-refractivity contribution in [2.45, 2.75) is 41.9 Å². The Labute approximate surface area is 114 Å². The van der Waals surface area contributed by atoms with E-state index in [4.69, 9.17) is 5.84 Å². The highest BCUT2D eigenvalue weighted by Gasteiger charge is 2.22. The molecule has 0 aliphatic heterocycles. The van der Waals surface area contributed by atoms with Crippen LogP contribution in [0.5, 0.6) is 0 Å². The Morgan fingerprint density at radius 2 is 2.16 bits per heavy atom. The number of nitrogens with two attached hydrogens (primary N) is 1. The third-order valence-corrected chi connectivity index (χ3v) is 4.09. The SMILES string of the molecule is NNc1cccc(Sc2nnnn2C2CCCC2)n1. The lowest BCUT2D eigenvalue weighted by atomic mass is 10.3. The molecule has 100 valence electrons. The van der Waals surface area contributed by atoms with E-state index in [1.165, 1.54) is 24.6 Å². The van der Waals surface area contributed by atoms with E-state index in [1.807, 2.05) is 22.9 Å². The van der Waals surface area contributed by atoms with E-state index in [9.17, 15) is 0 Å². The molecule has 0 unspecified atom stereocenters. The molecule has 0 atom stereocenters. The number of aromatic nitrogens is 5. The summed E-state index contributed by atoms with van der Waals surface area (Å²) in [7, 11) is 0. The fraction of sp³-hybridized carbons (Fsp3) is 0.455. The van der Waals surface area contributed by atoms with Crippen molar-refractivity contribution in [2.75, 3.05) is 5.43 Å². The molecule has 3 rings (SSSR count). The maximum Gasteiger partial charge on any atom is 0.215 e. The first-order valence-corrected chi connectivity index (χ1v) is 7.08. The van der Waals surface area contributed by atoms with Gasteiger partial charge in [-0.2, -0.15) is 0 Å².